The average Bonchev–Trinajstić information content (AvgIpc) is 2.71. The van der Waals surface area contributed by atoms with Gasteiger partial charge in [0.1, 0.15) is 0 Å². The summed E-state index contributed by atoms with van der Waals surface area (Å²) in [6.45, 7) is 0. The molecule has 0 atom stereocenters. The average molecular weight is 340 g/mol. The Hall–Kier alpha value is -3.41. The molecule has 0 aliphatic heterocycles. The largest absolute Gasteiger partial charge is 0.504 e. The van der Waals surface area contributed by atoms with Crippen molar-refractivity contribution in [2.75, 3.05) is 0 Å². The summed E-state index contributed by atoms with van der Waals surface area (Å²) in [7, 11) is 0. The first kappa shape index (κ1) is 16.4. The van der Waals surface area contributed by atoms with Gasteiger partial charge in [0.2, 0.25) is 5.43 Å². The number of ketones is 1. The number of fused-ring (bicyclic) bond motifs is 1. The third-order valence-electron chi connectivity index (χ3n) is 3.85. The van der Waals surface area contributed by atoms with Crippen LogP contribution >= 0.6 is 0 Å². The maximum Gasteiger partial charge on any atom is 0.231 e. The van der Waals surface area contributed by atoms with Crippen molar-refractivity contribution >= 4 is 16.6 Å². The number of phenols is 2. The molecule has 3 aromatic carbocycles. The molecule has 0 heterocycles. The molecule has 3 aromatic rings. The Morgan fingerprint density at radius 1 is 0.960 bits per heavy atom. The van der Waals surface area contributed by atoms with Gasteiger partial charge in [-0.25, -0.2) is 4.39 Å². The van der Waals surface area contributed by atoms with Crippen LogP contribution in [0.2, 0.25) is 0 Å². The van der Waals surface area contributed by atoms with Crippen LogP contribution in [0.25, 0.3) is 10.8 Å². The van der Waals surface area contributed by atoms with Crippen LogP contribution in [0.3, 0.4) is 0 Å². The number of rotatable bonds is 3. The molecule has 0 bridgehead atoms. The molecular formula is C19H13FO5. The van der Waals surface area contributed by atoms with Gasteiger partial charge in [-0.05, 0) is 29.1 Å². The summed E-state index contributed by atoms with van der Waals surface area (Å²) in [5.74, 6) is -4.39. The molecule has 3 N–H and O–H groups in total. The maximum absolute atomic E-state index is 13.7. The van der Waals surface area contributed by atoms with E-state index < -0.39 is 39.7 Å². The first-order chi connectivity index (χ1) is 11.9. The Morgan fingerprint density at radius 3 is 2.32 bits per heavy atom. The highest BCUT2D eigenvalue weighted by atomic mass is 19.1. The van der Waals surface area contributed by atoms with Crippen LogP contribution in [0.4, 0.5) is 4.39 Å². The van der Waals surface area contributed by atoms with Gasteiger partial charge >= 0.3 is 0 Å². The summed E-state index contributed by atoms with van der Waals surface area (Å²) in [6, 6.07) is 11.8. The van der Waals surface area contributed by atoms with Crippen LogP contribution in [0.1, 0.15) is 15.9 Å². The smallest absolute Gasteiger partial charge is 0.231 e. The number of Topliss-reactive ketones (excluding diaryl/α,β-unsaturated/α-hetero) is 1. The van der Waals surface area contributed by atoms with Gasteiger partial charge in [-0.15, -0.1) is 0 Å². The lowest BCUT2D eigenvalue weighted by Crippen LogP contribution is -2.02. The minimum Gasteiger partial charge on any atom is -0.504 e. The monoisotopic (exact) mass is 340 g/mol. The topological polar surface area (TPSA) is 94.8 Å². The molecule has 0 aliphatic rings. The molecule has 25 heavy (non-hydrogen) atoms. The quantitative estimate of drug-likeness (QED) is 0.503. The van der Waals surface area contributed by atoms with Crippen molar-refractivity contribution in [3.05, 3.63) is 75.7 Å². The van der Waals surface area contributed by atoms with Gasteiger partial charge < -0.3 is 15.3 Å². The summed E-state index contributed by atoms with van der Waals surface area (Å²) in [5, 5.41) is 28.6. The van der Waals surface area contributed by atoms with Gasteiger partial charge in [-0.3, -0.25) is 9.59 Å². The summed E-state index contributed by atoms with van der Waals surface area (Å²) < 4.78 is 13.7. The summed E-state index contributed by atoms with van der Waals surface area (Å²) >= 11 is 0. The molecule has 0 amide bonds. The second-order valence-electron chi connectivity index (χ2n) is 5.56. The maximum atomic E-state index is 13.7. The number of hydrogen-bond donors (Lipinski definition) is 3. The lowest BCUT2D eigenvalue weighted by molar-refractivity contribution is 0.0993. The fourth-order valence-electron chi connectivity index (χ4n) is 2.59. The number of phenolic OH excluding ortho intramolecular Hbond substituents is 2. The second kappa shape index (κ2) is 6.24. The molecule has 0 saturated heterocycles. The van der Waals surface area contributed by atoms with E-state index in [4.69, 9.17) is 0 Å². The van der Waals surface area contributed by atoms with E-state index in [1.165, 1.54) is 6.07 Å². The zero-order valence-corrected chi connectivity index (χ0v) is 12.9. The molecule has 0 aliphatic carbocycles. The highest BCUT2D eigenvalue weighted by Gasteiger charge is 2.18. The molecule has 126 valence electrons. The predicted octanol–water partition coefficient (Wildman–Crippen LogP) is 2.88. The van der Waals surface area contributed by atoms with Gasteiger partial charge in [0.15, 0.2) is 28.8 Å². The van der Waals surface area contributed by atoms with E-state index in [2.05, 4.69) is 0 Å². The molecule has 6 heteroatoms. The molecular weight excluding hydrogens is 327 g/mol. The molecule has 3 rings (SSSR count). The molecule has 0 radical (unpaired) electrons. The number of aromatic hydroxyl groups is 3. The molecule has 5 nitrogen and oxygen atoms in total. The van der Waals surface area contributed by atoms with Crippen molar-refractivity contribution in [2.24, 2.45) is 0 Å². The van der Waals surface area contributed by atoms with E-state index >= 15 is 0 Å². The van der Waals surface area contributed by atoms with Crippen LogP contribution in [-0.4, -0.2) is 21.1 Å². The Morgan fingerprint density at radius 2 is 1.64 bits per heavy atom. The number of halogens is 1. The van der Waals surface area contributed by atoms with Gasteiger partial charge in [-0.1, -0.05) is 30.3 Å². The van der Waals surface area contributed by atoms with Crippen LogP contribution in [0.15, 0.2) is 53.3 Å². The number of carbonyl (C=O) groups is 1. The lowest BCUT2D eigenvalue weighted by Gasteiger charge is -2.02. The highest BCUT2D eigenvalue weighted by Crippen LogP contribution is 2.35. The lowest BCUT2D eigenvalue weighted by atomic mass is 10.0. The zero-order chi connectivity index (χ0) is 18.1. The number of hydrogen-bond acceptors (Lipinski definition) is 5. The van der Waals surface area contributed by atoms with Crippen LogP contribution in [0, 0.1) is 5.82 Å². The number of benzene rings is 2. The van der Waals surface area contributed by atoms with Crippen molar-refractivity contribution in [3.8, 4) is 17.2 Å². The van der Waals surface area contributed by atoms with Gasteiger partial charge in [-0.2, -0.15) is 0 Å². The van der Waals surface area contributed by atoms with Crippen LogP contribution in [-0.2, 0) is 6.42 Å². The van der Waals surface area contributed by atoms with E-state index in [0.29, 0.717) is 0 Å². The minimum atomic E-state index is -1.14. The van der Waals surface area contributed by atoms with E-state index in [1.54, 1.807) is 30.3 Å². The highest BCUT2D eigenvalue weighted by molar-refractivity contribution is 6.01. The van der Waals surface area contributed by atoms with Gasteiger partial charge in [0.05, 0.1) is 5.39 Å². The standard InChI is InChI=1S/C19H13FO5/c20-13-8-12-7-11(14(21)6-10-4-2-1-3-5-10)9-15(22)18(24)16(12)19(25)17(13)23/h1-5,7-9,23,25H,6H2,(H,22,24). The molecule has 0 saturated carbocycles. The number of carbonyl (C=O) groups excluding carboxylic acids is 1. The van der Waals surface area contributed by atoms with Crippen LogP contribution in [0.5, 0.6) is 17.2 Å². The first-order valence-electron chi connectivity index (χ1n) is 7.37. The molecule has 0 aromatic heterocycles. The second-order valence-corrected chi connectivity index (χ2v) is 5.56. The predicted molar refractivity (Wildman–Crippen MR) is 89.6 cm³/mol. The van der Waals surface area contributed by atoms with Crippen molar-refractivity contribution in [3.63, 3.8) is 0 Å². The zero-order valence-electron chi connectivity index (χ0n) is 12.9. The van der Waals surface area contributed by atoms with Gasteiger partial charge in [0, 0.05) is 12.0 Å². The fourth-order valence-corrected chi connectivity index (χ4v) is 2.59. The van der Waals surface area contributed by atoms with Crippen molar-refractivity contribution in [2.45, 2.75) is 6.42 Å². The Kier molecular flexibility index (Phi) is 4.10. The van der Waals surface area contributed by atoms with E-state index in [0.717, 1.165) is 17.7 Å². The molecule has 0 spiro atoms. The third-order valence-corrected chi connectivity index (χ3v) is 3.85. The Balaban J connectivity index is 2.21. The minimum absolute atomic E-state index is 0.0158. The van der Waals surface area contributed by atoms with Crippen molar-refractivity contribution in [1.29, 1.82) is 0 Å². The van der Waals surface area contributed by atoms with Gasteiger partial charge in [0.25, 0.3) is 0 Å². The Labute approximate surface area is 141 Å². The van der Waals surface area contributed by atoms with E-state index in [-0.39, 0.29) is 17.4 Å². The van der Waals surface area contributed by atoms with E-state index in [9.17, 15) is 29.3 Å². The fraction of sp³-hybridized carbons (Fsp3) is 0.0526. The van der Waals surface area contributed by atoms with Crippen LogP contribution < -0.4 is 5.43 Å². The SMILES string of the molecule is O=C(Cc1ccccc1)c1cc(O)c(=O)c2c(O)c(O)c(F)cc2c1. The van der Waals surface area contributed by atoms with Crippen molar-refractivity contribution in [1.82, 2.24) is 0 Å². The first-order valence-corrected chi connectivity index (χ1v) is 7.37. The summed E-state index contributed by atoms with van der Waals surface area (Å²) in [5.41, 5.74) is -0.295. The van der Waals surface area contributed by atoms with E-state index in [1.807, 2.05) is 0 Å². The summed E-state index contributed by atoms with van der Waals surface area (Å²) in [6.07, 6.45) is 0.0204. The molecule has 0 unspecified atom stereocenters. The Bertz CT molecular complexity index is 1050. The molecule has 0 fully saturated rings. The third kappa shape index (κ3) is 3.01. The van der Waals surface area contributed by atoms with Crippen molar-refractivity contribution < 1.29 is 24.5 Å². The normalized spacial score (nSPS) is 10.8. The summed E-state index contributed by atoms with van der Waals surface area (Å²) in [4.78, 5) is 24.7.